The molecule has 4 nitrogen and oxygen atoms in total. The molecule has 4 heteroatoms. The maximum absolute atomic E-state index is 11.1. The van der Waals surface area contributed by atoms with Crippen molar-refractivity contribution in [3.63, 3.8) is 0 Å². The number of carbonyl (C=O) groups excluding carboxylic acids is 1. The Hall–Kier alpha value is -1.06. The van der Waals surface area contributed by atoms with Crippen LogP contribution in [0.15, 0.2) is 0 Å². The predicted molar refractivity (Wildman–Crippen MR) is 38.4 cm³/mol. The van der Waals surface area contributed by atoms with E-state index in [1.54, 1.807) is 13.8 Å². The van der Waals surface area contributed by atoms with E-state index in [1.807, 2.05) is 0 Å². The maximum atomic E-state index is 11.1. The molecule has 1 heterocycles. The summed E-state index contributed by atoms with van der Waals surface area (Å²) in [6.45, 7) is 3.89. The summed E-state index contributed by atoms with van der Waals surface area (Å²) in [6.07, 6.45) is -1.01. The van der Waals surface area contributed by atoms with Gasteiger partial charge in [0.2, 0.25) is 0 Å². The Labute approximate surface area is 64.8 Å². The molecular formula is C7H11NO3. The van der Waals surface area contributed by atoms with Crippen molar-refractivity contribution in [2.75, 3.05) is 13.1 Å². The van der Waals surface area contributed by atoms with Gasteiger partial charge in [0.1, 0.15) is 0 Å². The monoisotopic (exact) mass is 157 g/mol. The number of hydrogen-bond acceptors (Lipinski definition) is 2. The molecule has 0 aromatic rings. The molecule has 1 fully saturated rings. The molecule has 1 N–H and O–H groups in total. The van der Waals surface area contributed by atoms with E-state index in [1.165, 1.54) is 0 Å². The van der Waals surface area contributed by atoms with Crippen LogP contribution in [-0.4, -0.2) is 35.0 Å². The minimum Gasteiger partial charge on any atom is -0.465 e. The van der Waals surface area contributed by atoms with Gasteiger partial charge in [-0.2, -0.15) is 0 Å². The molecule has 0 saturated carbocycles. The van der Waals surface area contributed by atoms with E-state index in [0.717, 1.165) is 4.90 Å². The van der Waals surface area contributed by atoms with E-state index in [-0.39, 0.29) is 12.3 Å². The largest absolute Gasteiger partial charge is 0.465 e. The summed E-state index contributed by atoms with van der Waals surface area (Å²) >= 11 is 0. The molecule has 1 rings (SSSR count). The summed E-state index contributed by atoms with van der Waals surface area (Å²) in [5.41, 5.74) is -0.488. The van der Waals surface area contributed by atoms with Crippen LogP contribution in [0.4, 0.5) is 4.79 Å². The van der Waals surface area contributed by atoms with Crippen molar-refractivity contribution in [2.45, 2.75) is 13.8 Å². The quantitative estimate of drug-likeness (QED) is 0.559. The highest BCUT2D eigenvalue weighted by molar-refractivity contribution is 5.91. The number of nitrogens with zero attached hydrogens (tertiary/aromatic N) is 1. The van der Waals surface area contributed by atoms with E-state index in [2.05, 4.69) is 0 Å². The molecule has 11 heavy (non-hydrogen) atoms. The van der Waals surface area contributed by atoms with Crippen LogP contribution >= 0.6 is 0 Å². The molecule has 0 radical (unpaired) electrons. The van der Waals surface area contributed by atoms with Crippen LogP contribution in [0.25, 0.3) is 0 Å². The Bertz CT molecular complexity index is 210. The highest BCUT2D eigenvalue weighted by Gasteiger charge is 2.39. The van der Waals surface area contributed by atoms with Crippen LogP contribution in [0.2, 0.25) is 0 Å². The van der Waals surface area contributed by atoms with Crippen molar-refractivity contribution >= 4 is 11.9 Å². The lowest BCUT2D eigenvalue weighted by Gasteiger charge is -2.14. The van der Waals surface area contributed by atoms with Crippen molar-refractivity contribution in [3.8, 4) is 0 Å². The Balaban J connectivity index is 2.72. The van der Waals surface area contributed by atoms with Gasteiger partial charge in [0.25, 0.3) is 0 Å². The van der Waals surface area contributed by atoms with Crippen molar-refractivity contribution in [1.82, 2.24) is 4.90 Å². The fourth-order valence-corrected chi connectivity index (χ4v) is 1.14. The zero-order chi connectivity index (χ0) is 8.65. The average Bonchev–Trinajstić information content (AvgIpc) is 2.08. The standard InChI is InChI=1S/C7H11NO3/c1-7(2)4-8(6(10)11)3-5(7)9/h3-4H2,1-2H3,(H,10,11). The van der Waals surface area contributed by atoms with Crippen molar-refractivity contribution in [2.24, 2.45) is 5.41 Å². The van der Waals surface area contributed by atoms with Crippen LogP contribution in [0.1, 0.15) is 13.8 Å². The lowest BCUT2D eigenvalue weighted by molar-refractivity contribution is -0.123. The second kappa shape index (κ2) is 2.22. The first-order chi connectivity index (χ1) is 4.93. The summed E-state index contributed by atoms with van der Waals surface area (Å²) in [6, 6.07) is 0. The maximum Gasteiger partial charge on any atom is 0.407 e. The van der Waals surface area contributed by atoms with Gasteiger partial charge in [0, 0.05) is 12.0 Å². The summed E-state index contributed by atoms with van der Waals surface area (Å²) in [5.74, 6) is -0.0000926. The van der Waals surface area contributed by atoms with Gasteiger partial charge in [0.15, 0.2) is 5.78 Å². The van der Waals surface area contributed by atoms with Crippen LogP contribution in [0, 0.1) is 5.41 Å². The summed E-state index contributed by atoms with van der Waals surface area (Å²) < 4.78 is 0. The third-order valence-electron chi connectivity index (χ3n) is 1.95. The van der Waals surface area contributed by atoms with E-state index < -0.39 is 11.5 Å². The normalized spacial score (nSPS) is 22.4. The smallest absolute Gasteiger partial charge is 0.407 e. The van der Waals surface area contributed by atoms with Crippen LogP contribution in [0.5, 0.6) is 0 Å². The minimum atomic E-state index is -1.01. The lowest BCUT2D eigenvalue weighted by atomic mass is 9.92. The zero-order valence-electron chi connectivity index (χ0n) is 6.63. The predicted octanol–water partition coefficient (Wildman–Crippen LogP) is 0.575. The molecule has 1 aliphatic rings. The molecule has 0 unspecified atom stereocenters. The first-order valence-electron chi connectivity index (χ1n) is 3.45. The van der Waals surface area contributed by atoms with Gasteiger partial charge in [-0.3, -0.25) is 4.79 Å². The van der Waals surface area contributed by atoms with Crippen molar-refractivity contribution in [3.05, 3.63) is 0 Å². The van der Waals surface area contributed by atoms with Gasteiger partial charge >= 0.3 is 6.09 Å². The molecule has 62 valence electrons. The molecule has 1 amide bonds. The SMILES string of the molecule is CC1(C)CN(C(=O)O)CC1=O. The molecule has 1 saturated heterocycles. The summed E-state index contributed by atoms with van der Waals surface area (Å²) in [5, 5.41) is 8.54. The Morgan fingerprint density at radius 1 is 1.64 bits per heavy atom. The zero-order valence-corrected chi connectivity index (χ0v) is 6.63. The second-order valence-electron chi connectivity index (χ2n) is 3.45. The van der Waals surface area contributed by atoms with Gasteiger partial charge in [-0.05, 0) is 0 Å². The van der Waals surface area contributed by atoms with Crippen LogP contribution in [-0.2, 0) is 4.79 Å². The fraction of sp³-hybridized carbons (Fsp3) is 0.714. The molecule has 0 spiro atoms. The fourth-order valence-electron chi connectivity index (χ4n) is 1.14. The summed E-state index contributed by atoms with van der Waals surface area (Å²) in [7, 11) is 0. The van der Waals surface area contributed by atoms with Gasteiger partial charge in [-0.1, -0.05) is 13.8 Å². The average molecular weight is 157 g/mol. The van der Waals surface area contributed by atoms with E-state index in [4.69, 9.17) is 5.11 Å². The number of hydrogen-bond donors (Lipinski definition) is 1. The Morgan fingerprint density at radius 2 is 2.18 bits per heavy atom. The number of Topliss-reactive ketones (excluding diaryl/α,β-unsaturated/α-hetero) is 1. The number of carbonyl (C=O) groups is 2. The number of carboxylic acid groups (broad SMARTS) is 1. The first-order valence-corrected chi connectivity index (χ1v) is 3.45. The van der Waals surface area contributed by atoms with Crippen LogP contribution < -0.4 is 0 Å². The van der Waals surface area contributed by atoms with Crippen molar-refractivity contribution < 1.29 is 14.7 Å². The molecule has 1 aliphatic heterocycles. The van der Waals surface area contributed by atoms with Gasteiger partial charge in [-0.25, -0.2) is 4.79 Å². The van der Waals surface area contributed by atoms with Crippen LogP contribution in [0.3, 0.4) is 0 Å². The van der Waals surface area contributed by atoms with Crippen molar-refractivity contribution in [1.29, 1.82) is 0 Å². The second-order valence-corrected chi connectivity index (χ2v) is 3.45. The van der Waals surface area contributed by atoms with Gasteiger partial charge in [0.05, 0.1) is 6.54 Å². The third-order valence-corrected chi connectivity index (χ3v) is 1.95. The van der Waals surface area contributed by atoms with E-state index in [0.29, 0.717) is 6.54 Å². The first kappa shape index (κ1) is 8.04. The molecule has 0 aromatic carbocycles. The summed E-state index contributed by atoms with van der Waals surface area (Å²) in [4.78, 5) is 22.7. The highest BCUT2D eigenvalue weighted by atomic mass is 16.4. The Kier molecular flexibility index (Phi) is 1.62. The molecule has 0 aliphatic carbocycles. The van der Waals surface area contributed by atoms with E-state index in [9.17, 15) is 9.59 Å². The lowest BCUT2D eigenvalue weighted by Crippen LogP contribution is -2.28. The molecule has 0 atom stereocenters. The highest BCUT2D eigenvalue weighted by Crippen LogP contribution is 2.25. The number of amides is 1. The van der Waals surface area contributed by atoms with Gasteiger partial charge in [-0.15, -0.1) is 0 Å². The minimum absolute atomic E-state index is 0.0000926. The molecule has 0 aromatic heterocycles. The van der Waals surface area contributed by atoms with E-state index >= 15 is 0 Å². The molecule has 0 bridgehead atoms. The number of rotatable bonds is 0. The number of ketones is 1. The molecular weight excluding hydrogens is 146 g/mol. The third kappa shape index (κ3) is 1.34. The topological polar surface area (TPSA) is 57.6 Å². The number of likely N-dealkylation sites (tertiary alicyclic amines) is 1. The Morgan fingerprint density at radius 3 is 2.36 bits per heavy atom. The van der Waals surface area contributed by atoms with Gasteiger partial charge < -0.3 is 10.0 Å².